The number of nitrogens with one attached hydrogen (secondary N) is 1. The molecule has 0 amide bonds. The molecule has 3 atom stereocenters. The van der Waals surface area contributed by atoms with Gasteiger partial charge in [-0.15, -0.1) is 0 Å². The lowest BCUT2D eigenvalue weighted by Gasteiger charge is -2.50. The molecule has 5 rings (SSSR count). The van der Waals surface area contributed by atoms with Crippen LogP contribution in [0, 0.1) is 0 Å². The van der Waals surface area contributed by atoms with Crippen LogP contribution in [0.3, 0.4) is 0 Å². The molecule has 3 aromatic carbocycles. The molecule has 1 aliphatic rings. The second-order valence-electron chi connectivity index (χ2n) is 10.0. The van der Waals surface area contributed by atoms with Gasteiger partial charge in [-0.1, -0.05) is 91.0 Å². The van der Waals surface area contributed by atoms with E-state index in [1.807, 2.05) is 54.6 Å². The van der Waals surface area contributed by atoms with Crippen molar-refractivity contribution in [3.8, 4) is 0 Å². The van der Waals surface area contributed by atoms with E-state index in [0.717, 1.165) is 16.7 Å². The predicted octanol–water partition coefficient (Wildman–Crippen LogP) is 4.65. The zero-order chi connectivity index (χ0) is 29.0. The lowest BCUT2D eigenvalue weighted by atomic mass is 9.75. The first-order valence-electron chi connectivity index (χ1n) is 13.2. The first kappa shape index (κ1) is 29.2. The molecule has 1 saturated heterocycles. The molecule has 0 aliphatic carbocycles. The maximum Gasteiger partial charge on any atom is 0.362 e. The van der Waals surface area contributed by atoms with Gasteiger partial charge in [0.25, 0.3) is 5.56 Å². The van der Waals surface area contributed by atoms with E-state index in [2.05, 4.69) is 46.3 Å². The molecule has 41 heavy (non-hydrogen) atoms. The van der Waals surface area contributed by atoms with Crippen molar-refractivity contribution in [3.63, 3.8) is 0 Å². The van der Waals surface area contributed by atoms with Crippen molar-refractivity contribution >= 4 is 18.1 Å². The van der Waals surface area contributed by atoms with E-state index < -0.39 is 36.0 Å². The van der Waals surface area contributed by atoms with Crippen molar-refractivity contribution in [1.29, 1.82) is 0 Å². The van der Waals surface area contributed by atoms with Gasteiger partial charge in [0.15, 0.2) is 6.23 Å². The Morgan fingerprint density at radius 1 is 0.902 bits per heavy atom. The van der Waals surface area contributed by atoms with E-state index in [0.29, 0.717) is 6.54 Å². The molecule has 1 fully saturated rings. The zero-order valence-corrected chi connectivity index (χ0v) is 24.4. The molecular formula is C30H32ClN4O5P. The van der Waals surface area contributed by atoms with Gasteiger partial charge < -0.3 is 9.26 Å². The standard InChI is InChI=1S/C30H32ClN4O5P/c1-33(2)41(31,38)39-22-26-20-34(21-28(40-26)35-19-18-27(36)32-29(35)37)30(23-12-6-3-7-13-23,24-14-8-4-9-15-24)25-16-10-5-11-17-25/h3-19,26,28H,20-22H2,1-2H3,(H,32,36,37)/t26-,28+,41?/m0/s1. The number of halogens is 1. The van der Waals surface area contributed by atoms with Crippen LogP contribution in [-0.2, 0) is 19.4 Å². The van der Waals surface area contributed by atoms with Crippen molar-refractivity contribution in [2.75, 3.05) is 33.8 Å². The van der Waals surface area contributed by atoms with Gasteiger partial charge in [-0.2, -0.15) is 0 Å². The second-order valence-corrected chi connectivity index (χ2v) is 13.3. The number of rotatable bonds is 9. The molecule has 11 heteroatoms. The number of H-pyrrole nitrogens is 1. The number of benzene rings is 3. The predicted molar refractivity (Wildman–Crippen MR) is 159 cm³/mol. The molecule has 1 N–H and O–H groups in total. The highest BCUT2D eigenvalue weighted by atomic mass is 35.7. The second kappa shape index (κ2) is 12.3. The largest absolute Gasteiger partial charge is 0.362 e. The van der Waals surface area contributed by atoms with E-state index >= 15 is 0 Å². The van der Waals surface area contributed by atoms with Crippen molar-refractivity contribution in [2.45, 2.75) is 17.9 Å². The number of hydrogen-bond acceptors (Lipinski definition) is 6. The zero-order valence-electron chi connectivity index (χ0n) is 22.8. The first-order valence-corrected chi connectivity index (χ1v) is 15.7. The number of morpholine rings is 1. The highest BCUT2D eigenvalue weighted by molar-refractivity contribution is 7.83. The van der Waals surface area contributed by atoms with Crippen LogP contribution in [0.4, 0.5) is 0 Å². The van der Waals surface area contributed by atoms with Gasteiger partial charge in [0, 0.05) is 25.4 Å². The number of aromatic amines is 1. The molecule has 0 radical (unpaired) electrons. The Morgan fingerprint density at radius 2 is 1.41 bits per heavy atom. The smallest absolute Gasteiger partial charge is 0.350 e. The van der Waals surface area contributed by atoms with Gasteiger partial charge in [0.2, 0.25) is 0 Å². The van der Waals surface area contributed by atoms with E-state index in [1.54, 1.807) is 14.1 Å². The summed E-state index contributed by atoms with van der Waals surface area (Å²) in [6.07, 6.45) is -0.00392. The van der Waals surface area contributed by atoms with Crippen molar-refractivity contribution in [2.24, 2.45) is 0 Å². The molecule has 0 spiro atoms. The van der Waals surface area contributed by atoms with Crippen molar-refractivity contribution in [1.82, 2.24) is 19.1 Å². The molecule has 0 bridgehead atoms. The summed E-state index contributed by atoms with van der Waals surface area (Å²) in [6.45, 7) is -3.02. The molecule has 0 saturated carbocycles. The highest BCUT2D eigenvalue weighted by Gasteiger charge is 2.46. The molecule has 9 nitrogen and oxygen atoms in total. The molecule has 1 aromatic heterocycles. The van der Waals surface area contributed by atoms with Crippen LogP contribution in [0.5, 0.6) is 0 Å². The van der Waals surface area contributed by atoms with Gasteiger partial charge in [0.1, 0.15) is 0 Å². The Balaban J connectivity index is 1.69. The van der Waals surface area contributed by atoms with E-state index in [1.165, 1.54) is 21.5 Å². The summed E-state index contributed by atoms with van der Waals surface area (Å²) < 4.78 is 27.6. The molecule has 214 valence electrons. The lowest BCUT2D eigenvalue weighted by Crippen LogP contribution is -2.58. The summed E-state index contributed by atoms with van der Waals surface area (Å²) in [5.41, 5.74) is 1.15. The normalized spacial score (nSPS) is 19.6. The monoisotopic (exact) mass is 594 g/mol. The van der Waals surface area contributed by atoms with Crippen LogP contribution < -0.4 is 11.2 Å². The van der Waals surface area contributed by atoms with Gasteiger partial charge in [-0.05, 0) is 42.0 Å². The number of nitrogens with zero attached hydrogens (tertiary/aromatic N) is 3. The van der Waals surface area contributed by atoms with E-state index in [9.17, 15) is 14.2 Å². The minimum absolute atomic E-state index is 0.0848. The van der Waals surface area contributed by atoms with Crippen LogP contribution in [-0.4, -0.2) is 59.0 Å². The van der Waals surface area contributed by atoms with Gasteiger partial charge in [-0.3, -0.25) is 23.8 Å². The quantitative estimate of drug-likeness (QED) is 0.222. The fourth-order valence-electron chi connectivity index (χ4n) is 5.37. The Hall–Kier alpha value is -3.30. The summed E-state index contributed by atoms with van der Waals surface area (Å²) in [4.78, 5) is 29.4. The van der Waals surface area contributed by atoms with Crippen LogP contribution in [0.1, 0.15) is 22.9 Å². The van der Waals surface area contributed by atoms with Crippen LogP contribution in [0.2, 0.25) is 0 Å². The molecule has 1 aliphatic heterocycles. The Morgan fingerprint density at radius 3 is 1.88 bits per heavy atom. The molecule has 1 unspecified atom stereocenters. The van der Waals surface area contributed by atoms with Crippen molar-refractivity contribution in [3.05, 3.63) is 141 Å². The molecular weight excluding hydrogens is 563 g/mol. The SMILES string of the molecule is CN(C)P(=O)(Cl)OC[C@@H]1CN(C(c2ccccc2)(c2ccccc2)c2ccccc2)C[C@H](n2ccc(=O)[nH]c2=O)O1. The first-order chi connectivity index (χ1) is 19.7. The number of hydrogen-bond donors (Lipinski definition) is 1. The fourth-order valence-corrected chi connectivity index (χ4v) is 6.12. The van der Waals surface area contributed by atoms with Crippen molar-refractivity contribution < 1.29 is 13.8 Å². The number of aromatic nitrogens is 2. The average Bonchev–Trinajstić information content (AvgIpc) is 2.98. The number of ether oxygens (including phenoxy) is 1. The Kier molecular flexibility index (Phi) is 8.75. The minimum Gasteiger partial charge on any atom is -0.350 e. The average molecular weight is 595 g/mol. The maximum absolute atomic E-state index is 12.9. The maximum atomic E-state index is 12.9. The van der Waals surface area contributed by atoms with E-state index in [-0.39, 0.29) is 13.2 Å². The van der Waals surface area contributed by atoms with Crippen LogP contribution in [0.25, 0.3) is 0 Å². The van der Waals surface area contributed by atoms with E-state index in [4.69, 9.17) is 20.5 Å². The van der Waals surface area contributed by atoms with Crippen LogP contribution in [0.15, 0.2) is 113 Å². The Labute approximate surface area is 243 Å². The minimum atomic E-state index is -3.58. The summed E-state index contributed by atoms with van der Waals surface area (Å²) >= 11 is 6.20. The lowest BCUT2D eigenvalue weighted by molar-refractivity contribution is -0.148. The van der Waals surface area contributed by atoms with Gasteiger partial charge in [-0.25, -0.2) is 9.46 Å². The third-order valence-corrected chi connectivity index (χ3v) is 9.88. The summed E-state index contributed by atoms with van der Waals surface area (Å²) in [5, 5.41) is 0. The van der Waals surface area contributed by atoms with Gasteiger partial charge >= 0.3 is 12.6 Å². The fraction of sp³-hybridized carbons (Fsp3) is 0.267. The summed E-state index contributed by atoms with van der Waals surface area (Å²) in [6, 6.07) is 31.7. The third kappa shape index (κ3) is 6.02. The Bertz CT molecular complexity index is 1520. The third-order valence-electron chi connectivity index (χ3n) is 7.26. The topological polar surface area (TPSA) is 96.9 Å². The summed E-state index contributed by atoms with van der Waals surface area (Å²) in [7, 11) is 3.16. The van der Waals surface area contributed by atoms with Gasteiger partial charge in [0.05, 0.1) is 18.2 Å². The molecule has 2 heterocycles. The molecule has 4 aromatic rings. The van der Waals surface area contributed by atoms with Crippen LogP contribution >= 0.6 is 18.1 Å². The summed E-state index contributed by atoms with van der Waals surface area (Å²) in [5.74, 6) is 0. The highest BCUT2D eigenvalue weighted by Crippen LogP contribution is 2.54.